The molecule has 0 aliphatic rings. The van der Waals surface area contributed by atoms with Crippen LogP contribution >= 0.6 is 0 Å². The van der Waals surface area contributed by atoms with Crippen molar-refractivity contribution in [1.29, 1.82) is 5.26 Å². The maximum atomic E-state index is 12.5. The van der Waals surface area contributed by atoms with Gasteiger partial charge in [0.05, 0.1) is 11.6 Å². The van der Waals surface area contributed by atoms with Crippen LogP contribution in [0, 0.1) is 11.3 Å². The molecule has 1 rings (SSSR count). The molecule has 28 heavy (non-hydrogen) atoms. The van der Waals surface area contributed by atoms with Gasteiger partial charge in [-0.15, -0.1) is 0 Å². The van der Waals surface area contributed by atoms with Crippen LogP contribution in [0.3, 0.4) is 0 Å². The third-order valence-electron chi connectivity index (χ3n) is 3.38. The van der Waals surface area contributed by atoms with E-state index in [0.29, 0.717) is 31.6 Å². The Morgan fingerprint density at radius 3 is 2.11 bits per heavy atom. The summed E-state index contributed by atoms with van der Waals surface area (Å²) in [4.78, 5) is 25.8. The van der Waals surface area contributed by atoms with E-state index in [4.69, 9.17) is 14.7 Å². The topological polar surface area (TPSA) is 91.7 Å². The highest BCUT2D eigenvalue weighted by molar-refractivity contribution is 5.68. The number of rotatable bonds is 6. The van der Waals surface area contributed by atoms with Crippen LogP contribution in [0.5, 0.6) is 0 Å². The second-order valence-corrected chi connectivity index (χ2v) is 8.49. The Morgan fingerprint density at radius 2 is 1.61 bits per heavy atom. The summed E-state index contributed by atoms with van der Waals surface area (Å²) in [6.07, 6.45) is -0.355. The fourth-order valence-corrected chi connectivity index (χ4v) is 2.24. The molecule has 0 unspecified atom stereocenters. The van der Waals surface area contributed by atoms with Crippen molar-refractivity contribution in [2.45, 2.75) is 65.7 Å². The quantitative estimate of drug-likeness (QED) is 0.736. The molecule has 2 amide bonds. The minimum Gasteiger partial charge on any atom is -0.444 e. The van der Waals surface area contributed by atoms with Crippen LogP contribution in [-0.4, -0.2) is 41.4 Å². The van der Waals surface area contributed by atoms with Crippen molar-refractivity contribution in [3.8, 4) is 6.07 Å². The van der Waals surface area contributed by atoms with Crippen molar-refractivity contribution in [2.75, 3.05) is 13.1 Å². The third kappa shape index (κ3) is 9.81. The monoisotopic (exact) mass is 389 g/mol. The molecule has 1 aromatic carbocycles. The summed E-state index contributed by atoms with van der Waals surface area (Å²) in [5.41, 5.74) is 0.302. The van der Waals surface area contributed by atoms with E-state index in [-0.39, 0.29) is 0 Å². The summed E-state index contributed by atoms with van der Waals surface area (Å²) >= 11 is 0. The van der Waals surface area contributed by atoms with Crippen LogP contribution in [-0.2, 0) is 16.0 Å². The molecule has 0 saturated heterocycles. The van der Waals surface area contributed by atoms with E-state index in [2.05, 4.69) is 11.4 Å². The summed E-state index contributed by atoms with van der Waals surface area (Å²) in [6.45, 7) is 12.0. The lowest BCUT2D eigenvalue weighted by atomic mass is 10.1. The number of hydrogen-bond donors (Lipinski definition) is 1. The molecule has 154 valence electrons. The minimum atomic E-state index is -0.602. The van der Waals surface area contributed by atoms with Crippen LogP contribution in [0.1, 0.15) is 59.1 Å². The summed E-state index contributed by atoms with van der Waals surface area (Å²) in [5, 5.41) is 11.6. The van der Waals surface area contributed by atoms with Crippen LogP contribution < -0.4 is 5.32 Å². The second kappa shape index (κ2) is 9.98. The van der Waals surface area contributed by atoms with Crippen LogP contribution in [0.25, 0.3) is 0 Å². The molecule has 0 radical (unpaired) electrons. The lowest BCUT2D eigenvalue weighted by molar-refractivity contribution is 0.0231. The zero-order chi connectivity index (χ0) is 21.4. The van der Waals surface area contributed by atoms with Crippen molar-refractivity contribution in [2.24, 2.45) is 0 Å². The third-order valence-corrected chi connectivity index (χ3v) is 3.38. The molecule has 7 heteroatoms. The number of nitriles is 1. The number of hydrogen-bond acceptors (Lipinski definition) is 5. The first-order valence-corrected chi connectivity index (χ1v) is 9.33. The lowest BCUT2D eigenvalue weighted by Crippen LogP contribution is -2.38. The van der Waals surface area contributed by atoms with Crippen LogP contribution in [0.15, 0.2) is 24.3 Å². The lowest BCUT2D eigenvalue weighted by Gasteiger charge is -2.27. The van der Waals surface area contributed by atoms with E-state index in [1.165, 1.54) is 0 Å². The average Bonchev–Trinajstić information content (AvgIpc) is 2.55. The molecule has 0 atom stereocenters. The fourth-order valence-electron chi connectivity index (χ4n) is 2.24. The number of nitrogens with zero attached hydrogens (tertiary/aromatic N) is 2. The minimum absolute atomic E-state index is 0.354. The van der Waals surface area contributed by atoms with Gasteiger partial charge < -0.3 is 19.7 Å². The van der Waals surface area contributed by atoms with Crippen molar-refractivity contribution in [3.05, 3.63) is 35.4 Å². The number of nitrogens with one attached hydrogen (secondary N) is 1. The molecular formula is C21H31N3O4. The first-order valence-electron chi connectivity index (χ1n) is 9.33. The van der Waals surface area contributed by atoms with Crippen LogP contribution in [0.4, 0.5) is 9.59 Å². The first-order chi connectivity index (χ1) is 12.9. The maximum Gasteiger partial charge on any atom is 0.410 e. The molecule has 0 aliphatic heterocycles. The highest BCUT2D eigenvalue weighted by Crippen LogP contribution is 2.14. The predicted molar refractivity (Wildman–Crippen MR) is 107 cm³/mol. The fraction of sp³-hybridized carbons (Fsp3) is 0.571. The van der Waals surface area contributed by atoms with E-state index < -0.39 is 23.4 Å². The molecule has 0 aliphatic carbocycles. The van der Waals surface area contributed by atoms with Gasteiger partial charge in [0.15, 0.2) is 0 Å². The Balaban J connectivity index is 2.66. The summed E-state index contributed by atoms with van der Waals surface area (Å²) in [5.74, 6) is 0. The zero-order valence-corrected chi connectivity index (χ0v) is 17.7. The molecule has 0 bridgehead atoms. The number of benzene rings is 1. The van der Waals surface area contributed by atoms with Gasteiger partial charge in [0.25, 0.3) is 0 Å². The average molecular weight is 389 g/mol. The summed E-state index contributed by atoms with van der Waals surface area (Å²) in [7, 11) is 0. The Morgan fingerprint density at radius 1 is 1.04 bits per heavy atom. The number of carbonyl (C=O) groups excluding carboxylic acids is 2. The molecule has 0 aromatic heterocycles. The zero-order valence-electron chi connectivity index (χ0n) is 17.7. The van der Waals surface area contributed by atoms with Crippen molar-refractivity contribution in [3.63, 3.8) is 0 Å². The van der Waals surface area contributed by atoms with E-state index in [0.717, 1.165) is 5.56 Å². The Bertz CT molecular complexity index is 694. The molecule has 0 fully saturated rings. The molecular weight excluding hydrogens is 358 g/mol. The normalized spacial score (nSPS) is 11.3. The SMILES string of the molecule is CC(C)(C)OC(=O)NCCCN(Cc1ccc(C#N)cc1)C(=O)OC(C)(C)C. The number of alkyl carbamates (subject to hydrolysis) is 1. The standard InChI is InChI=1S/C21H31N3O4/c1-20(2,3)27-18(25)23-12-7-13-24(19(26)28-21(4,5)6)15-17-10-8-16(14-22)9-11-17/h8-11H,7,12-13,15H2,1-6H3,(H,23,25). The predicted octanol–water partition coefficient (Wildman–Crippen LogP) is 4.21. The van der Waals surface area contributed by atoms with Crippen molar-refractivity contribution < 1.29 is 19.1 Å². The van der Waals surface area contributed by atoms with Crippen molar-refractivity contribution >= 4 is 12.2 Å². The molecule has 0 spiro atoms. The molecule has 0 saturated carbocycles. The Kier molecular flexibility index (Phi) is 8.30. The smallest absolute Gasteiger partial charge is 0.410 e. The van der Waals surface area contributed by atoms with Gasteiger partial charge in [-0.05, 0) is 65.7 Å². The second-order valence-electron chi connectivity index (χ2n) is 8.49. The highest BCUT2D eigenvalue weighted by Gasteiger charge is 2.22. The van der Waals surface area contributed by atoms with Gasteiger partial charge in [0.1, 0.15) is 11.2 Å². The van der Waals surface area contributed by atoms with Gasteiger partial charge in [0, 0.05) is 19.6 Å². The number of carbonyl (C=O) groups is 2. The van der Waals surface area contributed by atoms with Gasteiger partial charge in [-0.25, -0.2) is 9.59 Å². The van der Waals surface area contributed by atoms with Crippen LogP contribution in [0.2, 0.25) is 0 Å². The maximum absolute atomic E-state index is 12.5. The van der Waals surface area contributed by atoms with Gasteiger partial charge in [-0.1, -0.05) is 12.1 Å². The highest BCUT2D eigenvalue weighted by atomic mass is 16.6. The Hall–Kier alpha value is -2.75. The summed E-state index contributed by atoms with van der Waals surface area (Å²) in [6, 6.07) is 9.13. The molecule has 0 heterocycles. The first kappa shape index (κ1) is 23.3. The molecule has 1 aromatic rings. The van der Waals surface area contributed by atoms with Gasteiger partial charge in [0.2, 0.25) is 0 Å². The number of ether oxygens (including phenoxy) is 2. The summed E-state index contributed by atoms with van der Waals surface area (Å²) < 4.78 is 10.7. The van der Waals surface area contributed by atoms with E-state index in [1.807, 2.05) is 32.9 Å². The molecule has 1 N–H and O–H groups in total. The van der Waals surface area contributed by atoms with Gasteiger partial charge in [-0.3, -0.25) is 0 Å². The van der Waals surface area contributed by atoms with E-state index in [1.54, 1.807) is 37.8 Å². The van der Waals surface area contributed by atoms with E-state index in [9.17, 15) is 9.59 Å². The van der Waals surface area contributed by atoms with Gasteiger partial charge in [-0.2, -0.15) is 5.26 Å². The largest absolute Gasteiger partial charge is 0.444 e. The van der Waals surface area contributed by atoms with Gasteiger partial charge >= 0.3 is 12.2 Å². The van der Waals surface area contributed by atoms with Crippen molar-refractivity contribution in [1.82, 2.24) is 10.2 Å². The number of amides is 2. The Labute approximate surface area is 167 Å². The molecule has 7 nitrogen and oxygen atoms in total. The van der Waals surface area contributed by atoms with E-state index >= 15 is 0 Å².